The van der Waals surface area contributed by atoms with E-state index in [0.29, 0.717) is 41.7 Å². The number of rotatable bonds is 5. The lowest BCUT2D eigenvalue weighted by atomic mass is 9.52. The summed E-state index contributed by atoms with van der Waals surface area (Å²) in [5.74, 6) is 2.27. The van der Waals surface area contributed by atoms with Crippen molar-refractivity contribution in [1.29, 1.82) is 0 Å². The third-order valence-corrected chi connectivity index (χ3v) is 9.31. The van der Waals surface area contributed by atoms with Crippen LogP contribution >= 0.6 is 0 Å². The number of hydrogen-bond acceptors (Lipinski definition) is 6. The lowest BCUT2D eigenvalue weighted by Crippen LogP contribution is -2.61. The van der Waals surface area contributed by atoms with Crippen molar-refractivity contribution in [1.82, 2.24) is 20.2 Å². The van der Waals surface area contributed by atoms with E-state index in [1.165, 1.54) is 12.8 Å². The topological polar surface area (TPSA) is 107 Å². The molecule has 2 amide bonds. The van der Waals surface area contributed by atoms with Crippen molar-refractivity contribution >= 4 is 17.8 Å². The van der Waals surface area contributed by atoms with Gasteiger partial charge in [-0.3, -0.25) is 9.59 Å². The highest BCUT2D eigenvalue weighted by Gasteiger charge is 2.55. The zero-order chi connectivity index (χ0) is 23.4. The molecule has 1 aromatic rings. The number of anilines is 1. The highest BCUT2D eigenvalue weighted by atomic mass is 16.3. The number of carbonyl (C=O) groups excluding carboxylic acids is 2. The number of nitrogens with one attached hydrogen (secondary N) is 2. The summed E-state index contributed by atoms with van der Waals surface area (Å²) in [6.07, 6.45) is 11.9. The molecular weight excluding hydrogens is 430 g/mol. The fourth-order valence-corrected chi connectivity index (χ4v) is 7.94. The quantitative estimate of drug-likeness (QED) is 0.615. The molecule has 0 radical (unpaired) electrons. The number of aliphatic hydroxyl groups is 1. The summed E-state index contributed by atoms with van der Waals surface area (Å²) in [6.45, 7) is 3.02. The summed E-state index contributed by atoms with van der Waals surface area (Å²) < 4.78 is 0. The van der Waals surface area contributed by atoms with E-state index in [2.05, 4.69) is 15.6 Å². The van der Waals surface area contributed by atoms with Crippen LogP contribution in [0.3, 0.4) is 0 Å². The molecule has 8 heteroatoms. The molecule has 34 heavy (non-hydrogen) atoms. The largest absolute Gasteiger partial charge is 0.390 e. The fraction of sp³-hybridized carbons (Fsp3) is 0.769. The van der Waals surface area contributed by atoms with Gasteiger partial charge < -0.3 is 20.6 Å². The molecule has 5 aliphatic carbocycles. The number of carbonyl (C=O) groups is 2. The molecular formula is C26H37N5O3. The predicted octanol–water partition coefficient (Wildman–Crippen LogP) is 2.84. The van der Waals surface area contributed by atoms with Gasteiger partial charge in [-0.1, -0.05) is 12.8 Å². The zero-order valence-corrected chi connectivity index (χ0v) is 20.1. The number of nitrogens with zero attached hydrogens (tertiary/aromatic N) is 3. The van der Waals surface area contributed by atoms with Gasteiger partial charge in [0.05, 0.1) is 16.9 Å². The van der Waals surface area contributed by atoms with Gasteiger partial charge in [-0.05, 0) is 69.1 Å². The molecule has 1 aromatic heterocycles. The van der Waals surface area contributed by atoms with E-state index in [9.17, 15) is 14.7 Å². The van der Waals surface area contributed by atoms with Gasteiger partial charge in [0.2, 0.25) is 11.9 Å². The minimum atomic E-state index is -0.499. The Morgan fingerprint density at radius 3 is 2.50 bits per heavy atom. The first-order chi connectivity index (χ1) is 16.4. The highest BCUT2D eigenvalue weighted by Crippen LogP contribution is 2.55. The Morgan fingerprint density at radius 1 is 1.12 bits per heavy atom. The van der Waals surface area contributed by atoms with Gasteiger partial charge in [0.15, 0.2) is 0 Å². The Kier molecular flexibility index (Phi) is 5.54. The molecule has 3 N–H and O–H groups in total. The van der Waals surface area contributed by atoms with Gasteiger partial charge in [-0.2, -0.15) is 0 Å². The Hall–Kier alpha value is -2.22. The first-order valence-corrected chi connectivity index (χ1v) is 13.3. The van der Waals surface area contributed by atoms with Gasteiger partial charge in [-0.15, -0.1) is 0 Å². The summed E-state index contributed by atoms with van der Waals surface area (Å²) >= 11 is 0. The van der Waals surface area contributed by atoms with E-state index in [0.717, 1.165) is 63.6 Å². The van der Waals surface area contributed by atoms with Crippen molar-refractivity contribution in [2.24, 2.45) is 17.8 Å². The molecule has 6 aliphatic rings. The second-order valence-corrected chi connectivity index (χ2v) is 11.8. The van der Waals surface area contributed by atoms with Crippen molar-refractivity contribution in [3.05, 3.63) is 17.5 Å². The Labute approximate surface area is 201 Å². The predicted molar refractivity (Wildman–Crippen MR) is 127 cm³/mol. The molecule has 5 saturated carbocycles. The molecule has 1 aliphatic heterocycles. The molecule has 2 unspecified atom stereocenters. The second-order valence-electron chi connectivity index (χ2n) is 11.8. The van der Waals surface area contributed by atoms with Crippen molar-refractivity contribution in [3.63, 3.8) is 0 Å². The summed E-state index contributed by atoms with van der Waals surface area (Å²) in [5.41, 5.74) is 0.986. The molecule has 0 spiro atoms. The van der Waals surface area contributed by atoms with Crippen molar-refractivity contribution in [2.75, 3.05) is 18.4 Å². The van der Waals surface area contributed by atoms with Crippen LogP contribution in [0.1, 0.15) is 93.1 Å². The van der Waals surface area contributed by atoms with Crippen LogP contribution in [-0.2, 0) is 4.79 Å². The van der Waals surface area contributed by atoms with Crippen LogP contribution in [0.4, 0.5) is 5.95 Å². The van der Waals surface area contributed by atoms with Crippen LogP contribution in [0.15, 0.2) is 6.20 Å². The number of hydrogen-bond donors (Lipinski definition) is 3. The average Bonchev–Trinajstić information content (AvgIpc) is 3.47. The maximum absolute atomic E-state index is 13.5. The Bertz CT molecular complexity index is 961. The highest BCUT2D eigenvalue weighted by molar-refractivity contribution is 5.95. The standard InChI is InChI=1S/C26H37N5O3/c1-15(32)31-7-6-20(14-31)28-25-27-13-21(23(30-25)17-4-2-3-5-17)24(33)29-22-18-8-16-9-19(22)12-26(34,10-16)11-18/h13,16-20,22,34H,2-12,14H2,1H3,(H,29,33)(H,27,28,30)/t16?,18?,19?,20-,22?,26?/m1/s1. The number of likely N-dealkylation sites (tertiary alicyclic amines) is 1. The smallest absolute Gasteiger partial charge is 0.254 e. The molecule has 4 bridgehead atoms. The molecule has 6 fully saturated rings. The van der Waals surface area contributed by atoms with Crippen LogP contribution in [0.5, 0.6) is 0 Å². The van der Waals surface area contributed by atoms with Gasteiger partial charge in [0.25, 0.3) is 5.91 Å². The van der Waals surface area contributed by atoms with E-state index in [1.54, 1.807) is 13.1 Å². The summed E-state index contributed by atoms with van der Waals surface area (Å²) in [6, 6.07) is 0.286. The third-order valence-electron chi connectivity index (χ3n) is 9.31. The van der Waals surface area contributed by atoms with E-state index in [1.807, 2.05) is 4.90 Å². The van der Waals surface area contributed by atoms with Crippen molar-refractivity contribution < 1.29 is 14.7 Å². The zero-order valence-electron chi connectivity index (χ0n) is 20.1. The van der Waals surface area contributed by atoms with Crippen molar-refractivity contribution in [2.45, 2.75) is 94.7 Å². The minimum absolute atomic E-state index is 0.0541. The molecule has 1 saturated heterocycles. The summed E-state index contributed by atoms with van der Waals surface area (Å²) in [7, 11) is 0. The molecule has 7 rings (SSSR count). The lowest BCUT2D eigenvalue weighted by Gasteiger charge is -2.58. The summed E-state index contributed by atoms with van der Waals surface area (Å²) in [4.78, 5) is 36.5. The first-order valence-electron chi connectivity index (χ1n) is 13.3. The molecule has 8 nitrogen and oxygen atoms in total. The maximum Gasteiger partial charge on any atom is 0.254 e. The van der Waals surface area contributed by atoms with E-state index < -0.39 is 5.60 Å². The normalized spacial score (nSPS) is 36.8. The summed E-state index contributed by atoms with van der Waals surface area (Å²) in [5, 5.41) is 17.7. The molecule has 184 valence electrons. The fourth-order valence-electron chi connectivity index (χ4n) is 7.94. The first kappa shape index (κ1) is 22.3. The van der Waals surface area contributed by atoms with Crippen molar-refractivity contribution in [3.8, 4) is 0 Å². The minimum Gasteiger partial charge on any atom is -0.390 e. The molecule has 3 atom stereocenters. The van der Waals surface area contributed by atoms with E-state index >= 15 is 0 Å². The van der Waals surface area contributed by atoms with Crippen LogP contribution in [0.25, 0.3) is 0 Å². The van der Waals surface area contributed by atoms with E-state index in [-0.39, 0.29) is 23.9 Å². The van der Waals surface area contributed by atoms with Gasteiger partial charge in [0, 0.05) is 44.2 Å². The van der Waals surface area contributed by atoms with Gasteiger partial charge in [-0.25, -0.2) is 9.97 Å². The van der Waals surface area contributed by atoms with Crippen LogP contribution in [0.2, 0.25) is 0 Å². The third kappa shape index (κ3) is 4.08. The van der Waals surface area contributed by atoms with E-state index in [4.69, 9.17) is 4.98 Å². The monoisotopic (exact) mass is 467 g/mol. The van der Waals surface area contributed by atoms with Crippen LogP contribution in [0, 0.1) is 17.8 Å². The number of amides is 2. The average molecular weight is 468 g/mol. The number of aromatic nitrogens is 2. The molecule has 2 heterocycles. The maximum atomic E-state index is 13.5. The Balaban J connectivity index is 1.20. The van der Waals surface area contributed by atoms with Gasteiger partial charge in [0.1, 0.15) is 0 Å². The second kappa shape index (κ2) is 8.47. The molecule has 0 aromatic carbocycles. The SMILES string of the molecule is CC(=O)N1CC[C@@H](Nc2ncc(C(=O)NC3C4CC5CC3CC(O)(C5)C4)c(C3CCCC3)n2)C1. The van der Waals surface area contributed by atoms with Crippen LogP contribution < -0.4 is 10.6 Å². The Morgan fingerprint density at radius 2 is 1.85 bits per heavy atom. The lowest BCUT2D eigenvalue weighted by molar-refractivity contribution is -0.137. The van der Waals surface area contributed by atoms with Crippen LogP contribution in [-0.4, -0.2) is 62.6 Å². The van der Waals surface area contributed by atoms with Gasteiger partial charge >= 0.3 is 0 Å².